The SMILES string of the molecule is COc1ccccc1CC(CN)Cc1ccoc1. The van der Waals surface area contributed by atoms with Crippen LogP contribution in [0.2, 0.25) is 0 Å². The number of methoxy groups -OCH3 is 1. The van der Waals surface area contributed by atoms with Crippen molar-refractivity contribution in [2.45, 2.75) is 12.8 Å². The van der Waals surface area contributed by atoms with Crippen molar-refractivity contribution >= 4 is 0 Å². The van der Waals surface area contributed by atoms with Crippen molar-refractivity contribution in [1.82, 2.24) is 0 Å². The Bertz CT molecular complexity index is 465. The Morgan fingerprint density at radius 2 is 2.06 bits per heavy atom. The van der Waals surface area contributed by atoms with Crippen LogP contribution in [-0.4, -0.2) is 13.7 Å². The minimum Gasteiger partial charge on any atom is -0.496 e. The molecule has 0 aliphatic carbocycles. The van der Waals surface area contributed by atoms with Gasteiger partial charge in [0.2, 0.25) is 0 Å². The van der Waals surface area contributed by atoms with Crippen LogP contribution >= 0.6 is 0 Å². The Kier molecular flexibility index (Phi) is 4.42. The molecule has 2 N–H and O–H groups in total. The van der Waals surface area contributed by atoms with Crippen molar-refractivity contribution in [2.24, 2.45) is 11.7 Å². The second-order valence-electron chi connectivity index (χ2n) is 4.45. The molecule has 96 valence electrons. The number of nitrogens with two attached hydrogens (primary N) is 1. The fourth-order valence-electron chi connectivity index (χ4n) is 2.16. The van der Waals surface area contributed by atoms with E-state index in [1.54, 1.807) is 19.6 Å². The highest BCUT2D eigenvalue weighted by molar-refractivity contribution is 5.33. The Balaban J connectivity index is 2.05. The van der Waals surface area contributed by atoms with Crippen LogP contribution in [0.3, 0.4) is 0 Å². The molecule has 2 rings (SSSR count). The first-order valence-electron chi connectivity index (χ1n) is 6.16. The molecule has 0 fully saturated rings. The van der Waals surface area contributed by atoms with E-state index in [1.807, 2.05) is 24.3 Å². The third-order valence-corrected chi connectivity index (χ3v) is 3.14. The molecule has 0 radical (unpaired) electrons. The van der Waals surface area contributed by atoms with Gasteiger partial charge in [-0.3, -0.25) is 0 Å². The van der Waals surface area contributed by atoms with Crippen LogP contribution < -0.4 is 10.5 Å². The van der Waals surface area contributed by atoms with Gasteiger partial charge in [-0.05, 0) is 48.6 Å². The zero-order valence-electron chi connectivity index (χ0n) is 10.6. The molecule has 2 aromatic rings. The van der Waals surface area contributed by atoms with Crippen LogP contribution in [0, 0.1) is 5.92 Å². The molecule has 0 amide bonds. The number of rotatable bonds is 6. The van der Waals surface area contributed by atoms with Gasteiger partial charge in [-0.2, -0.15) is 0 Å². The molecule has 18 heavy (non-hydrogen) atoms. The standard InChI is InChI=1S/C15H19NO2/c1-17-15-5-3-2-4-14(15)9-13(10-16)8-12-6-7-18-11-12/h2-7,11,13H,8-10,16H2,1H3. The summed E-state index contributed by atoms with van der Waals surface area (Å²) in [5.74, 6) is 1.34. The van der Waals surface area contributed by atoms with Gasteiger partial charge < -0.3 is 14.9 Å². The van der Waals surface area contributed by atoms with Crippen molar-refractivity contribution in [3.05, 3.63) is 54.0 Å². The lowest BCUT2D eigenvalue weighted by Crippen LogP contribution is -2.19. The molecule has 0 aliphatic rings. The summed E-state index contributed by atoms with van der Waals surface area (Å²) in [6.45, 7) is 0.656. The van der Waals surface area contributed by atoms with Crippen LogP contribution in [-0.2, 0) is 12.8 Å². The molecule has 0 spiro atoms. The van der Waals surface area contributed by atoms with Crippen LogP contribution in [0.15, 0.2) is 47.3 Å². The van der Waals surface area contributed by atoms with E-state index in [9.17, 15) is 0 Å². The zero-order chi connectivity index (χ0) is 12.8. The number of benzene rings is 1. The van der Waals surface area contributed by atoms with Crippen molar-refractivity contribution in [1.29, 1.82) is 0 Å². The molecule has 1 aromatic carbocycles. The van der Waals surface area contributed by atoms with Crippen LogP contribution in [0.25, 0.3) is 0 Å². The number of para-hydroxylation sites is 1. The number of ether oxygens (including phenoxy) is 1. The minimum absolute atomic E-state index is 0.402. The Labute approximate surface area is 108 Å². The quantitative estimate of drug-likeness (QED) is 0.851. The van der Waals surface area contributed by atoms with E-state index in [1.165, 1.54) is 11.1 Å². The van der Waals surface area contributed by atoms with Gasteiger partial charge in [-0.15, -0.1) is 0 Å². The van der Waals surface area contributed by atoms with E-state index in [0.29, 0.717) is 12.5 Å². The highest BCUT2D eigenvalue weighted by atomic mass is 16.5. The van der Waals surface area contributed by atoms with Gasteiger partial charge in [0.15, 0.2) is 0 Å². The van der Waals surface area contributed by atoms with Crippen molar-refractivity contribution in [3.8, 4) is 5.75 Å². The first-order chi connectivity index (χ1) is 8.83. The first-order valence-corrected chi connectivity index (χ1v) is 6.16. The van der Waals surface area contributed by atoms with Gasteiger partial charge in [0.05, 0.1) is 19.6 Å². The number of furan rings is 1. The summed E-state index contributed by atoms with van der Waals surface area (Å²) in [6, 6.07) is 10.1. The molecule has 1 heterocycles. The third-order valence-electron chi connectivity index (χ3n) is 3.14. The lowest BCUT2D eigenvalue weighted by Gasteiger charge is -2.15. The predicted molar refractivity (Wildman–Crippen MR) is 71.7 cm³/mol. The maximum absolute atomic E-state index is 5.86. The molecular weight excluding hydrogens is 226 g/mol. The summed E-state index contributed by atoms with van der Waals surface area (Å²) in [4.78, 5) is 0. The molecule has 0 saturated heterocycles. The van der Waals surface area contributed by atoms with E-state index >= 15 is 0 Å². The highest BCUT2D eigenvalue weighted by Crippen LogP contribution is 2.22. The smallest absolute Gasteiger partial charge is 0.122 e. The Morgan fingerprint density at radius 3 is 2.72 bits per heavy atom. The predicted octanol–water partition coefficient (Wildman–Crippen LogP) is 2.65. The van der Waals surface area contributed by atoms with Gasteiger partial charge in [0, 0.05) is 0 Å². The van der Waals surface area contributed by atoms with Gasteiger partial charge in [0.1, 0.15) is 5.75 Å². The zero-order valence-corrected chi connectivity index (χ0v) is 10.6. The third kappa shape index (κ3) is 3.14. The first kappa shape index (κ1) is 12.7. The molecule has 3 heteroatoms. The maximum atomic E-state index is 5.86. The van der Waals surface area contributed by atoms with Gasteiger partial charge in [-0.25, -0.2) is 0 Å². The second kappa shape index (κ2) is 6.26. The topological polar surface area (TPSA) is 48.4 Å². The van der Waals surface area contributed by atoms with E-state index < -0.39 is 0 Å². The molecule has 1 atom stereocenters. The van der Waals surface area contributed by atoms with E-state index in [-0.39, 0.29) is 0 Å². The van der Waals surface area contributed by atoms with E-state index in [2.05, 4.69) is 6.07 Å². The highest BCUT2D eigenvalue weighted by Gasteiger charge is 2.12. The van der Waals surface area contributed by atoms with Gasteiger partial charge >= 0.3 is 0 Å². The fraction of sp³-hybridized carbons (Fsp3) is 0.333. The fourth-order valence-corrected chi connectivity index (χ4v) is 2.16. The largest absolute Gasteiger partial charge is 0.496 e. The molecule has 0 saturated carbocycles. The lowest BCUT2D eigenvalue weighted by molar-refractivity contribution is 0.404. The van der Waals surface area contributed by atoms with E-state index in [4.69, 9.17) is 14.9 Å². The maximum Gasteiger partial charge on any atom is 0.122 e. The minimum atomic E-state index is 0.402. The van der Waals surface area contributed by atoms with Crippen LogP contribution in [0.1, 0.15) is 11.1 Å². The van der Waals surface area contributed by atoms with Gasteiger partial charge in [-0.1, -0.05) is 18.2 Å². The lowest BCUT2D eigenvalue weighted by atomic mass is 9.93. The normalized spacial score (nSPS) is 12.3. The van der Waals surface area contributed by atoms with Crippen LogP contribution in [0.5, 0.6) is 5.75 Å². The molecule has 0 bridgehead atoms. The second-order valence-corrected chi connectivity index (χ2v) is 4.45. The van der Waals surface area contributed by atoms with E-state index in [0.717, 1.165) is 18.6 Å². The van der Waals surface area contributed by atoms with Crippen LogP contribution in [0.4, 0.5) is 0 Å². The summed E-state index contributed by atoms with van der Waals surface area (Å²) in [5, 5.41) is 0. The van der Waals surface area contributed by atoms with Crippen molar-refractivity contribution in [3.63, 3.8) is 0 Å². The Hall–Kier alpha value is -1.74. The molecule has 1 aromatic heterocycles. The summed E-state index contributed by atoms with van der Waals surface area (Å²) >= 11 is 0. The van der Waals surface area contributed by atoms with Crippen molar-refractivity contribution < 1.29 is 9.15 Å². The number of hydrogen-bond acceptors (Lipinski definition) is 3. The molecule has 0 aliphatic heterocycles. The number of hydrogen-bond donors (Lipinski definition) is 1. The molecular formula is C15H19NO2. The monoisotopic (exact) mass is 245 g/mol. The summed E-state index contributed by atoms with van der Waals surface area (Å²) < 4.78 is 10.5. The molecule has 3 nitrogen and oxygen atoms in total. The van der Waals surface area contributed by atoms with Gasteiger partial charge in [0.25, 0.3) is 0 Å². The summed E-state index contributed by atoms with van der Waals surface area (Å²) in [7, 11) is 1.70. The summed E-state index contributed by atoms with van der Waals surface area (Å²) in [6.07, 6.45) is 5.34. The van der Waals surface area contributed by atoms with Crippen molar-refractivity contribution in [2.75, 3.05) is 13.7 Å². The summed E-state index contributed by atoms with van der Waals surface area (Å²) in [5.41, 5.74) is 8.26. The Morgan fingerprint density at radius 1 is 1.22 bits per heavy atom. The average Bonchev–Trinajstić information content (AvgIpc) is 2.91. The average molecular weight is 245 g/mol. The molecule has 1 unspecified atom stereocenters.